The highest BCUT2D eigenvalue weighted by Crippen LogP contribution is 2.54. The van der Waals surface area contributed by atoms with Gasteiger partial charge in [-0.2, -0.15) is 0 Å². The quantitative estimate of drug-likeness (QED) is 0.185. The smallest absolute Gasteiger partial charge is 0.160 e. The van der Waals surface area contributed by atoms with Crippen molar-refractivity contribution in [3.05, 3.63) is 205 Å². The van der Waals surface area contributed by atoms with E-state index < -0.39 is 0 Å². The van der Waals surface area contributed by atoms with Crippen LogP contribution in [0.1, 0.15) is 17.2 Å². The van der Waals surface area contributed by atoms with Gasteiger partial charge in [0.25, 0.3) is 0 Å². The van der Waals surface area contributed by atoms with Crippen LogP contribution < -0.4 is 5.32 Å². The van der Waals surface area contributed by atoms with E-state index in [9.17, 15) is 0 Å². The summed E-state index contributed by atoms with van der Waals surface area (Å²) in [6.45, 7) is 0. The summed E-state index contributed by atoms with van der Waals surface area (Å²) in [5, 5.41) is 5.28. The number of hydrogen-bond donors (Lipinski definition) is 1. The molecule has 1 aliphatic rings. The van der Waals surface area contributed by atoms with Crippen molar-refractivity contribution in [3.8, 4) is 61.2 Å². The summed E-state index contributed by atoms with van der Waals surface area (Å²) in [4.78, 5) is 11.4. The van der Waals surface area contributed by atoms with Crippen molar-refractivity contribution in [3.63, 3.8) is 0 Å². The Morgan fingerprint density at radius 1 is 0.500 bits per heavy atom. The molecule has 56 heavy (non-hydrogen) atoms. The average Bonchev–Trinajstić information content (AvgIpc) is 3.83. The van der Waals surface area contributed by atoms with Gasteiger partial charge in [0.1, 0.15) is 0 Å². The molecule has 1 aliphatic heterocycles. The van der Waals surface area contributed by atoms with Gasteiger partial charge in [-0.05, 0) is 53.1 Å². The fourth-order valence-corrected chi connectivity index (χ4v) is 9.58. The number of benzene rings is 7. The normalized spacial score (nSPS) is 13.3. The van der Waals surface area contributed by atoms with E-state index in [0.29, 0.717) is 5.82 Å². The van der Waals surface area contributed by atoms with Crippen LogP contribution in [0.5, 0.6) is 0 Å². The number of nitrogens with one attached hydrogen (secondary N) is 1. The molecule has 1 unspecified atom stereocenters. The number of rotatable bonds is 6. The zero-order valence-electron chi connectivity index (χ0n) is 30.3. The third kappa shape index (κ3) is 5.44. The molecule has 0 saturated carbocycles. The monoisotopic (exact) mass is 734 g/mol. The first-order chi connectivity index (χ1) is 27.8. The van der Waals surface area contributed by atoms with Crippen LogP contribution in [0.25, 0.3) is 82.3 Å². The van der Waals surface area contributed by atoms with E-state index in [1.54, 1.807) is 0 Å². The van der Waals surface area contributed by atoms with Crippen molar-refractivity contribution >= 4 is 38.1 Å². The van der Waals surface area contributed by atoms with E-state index in [0.717, 1.165) is 39.3 Å². The van der Waals surface area contributed by atoms with Crippen LogP contribution in [0.15, 0.2) is 194 Å². The molecule has 3 aromatic heterocycles. The molecule has 10 aromatic rings. The molecule has 1 N–H and O–H groups in total. The summed E-state index contributed by atoms with van der Waals surface area (Å²) < 4.78 is 3.78. The number of thiophene rings is 1. The van der Waals surface area contributed by atoms with E-state index in [1.807, 2.05) is 35.6 Å². The van der Waals surface area contributed by atoms with Crippen LogP contribution in [0, 0.1) is 0 Å². The minimum atomic E-state index is -0.00113. The molecule has 4 nitrogen and oxygen atoms in total. The SMILES string of the molecule is c1ccc(-c2cc(-c3ccc(-c4ccc5c(c4)-c4sc6c7ccccc7n(-c7ccccc7)c6c4C(c4ccccc4)N5)cc3)nc(-c3ccccc3)n2)cc1. The molecule has 0 amide bonds. The Morgan fingerprint density at radius 2 is 1.07 bits per heavy atom. The van der Waals surface area contributed by atoms with Crippen LogP contribution in [0.4, 0.5) is 5.69 Å². The fourth-order valence-electron chi connectivity index (χ4n) is 8.20. The van der Waals surface area contributed by atoms with Crippen molar-refractivity contribution in [2.24, 2.45) is 0 Å². The van der Waals surface area contributed by atoms with Crippen LogP contribution >= 0.6 is 11.3 Å². The molecule has 7 aromatic carbocycles. The molecule has 0 radical (unpaired) electrons. The molecule has 4 heterocycles. The van der Waals surface area contributed by atoms with Gasteiger partial charge in [0.05, 0.1) is 33.2 Å². The Balaban J connectivity index is 1.04. The van der Waals surface area contributed by atoms with Crippen LogP contribution in [0.3, 0.4) is 0 Å². The highest BCUT2D eigenvalue weighted by molar-refractivity contribution is 7.23. The maximum Gasteiger partial charge on any atom is 0.160 e. The van der Waals surface area contributed by atoms with Gasteiger partial charge in [-0.1, -0.05) is 158 Å². The summed E-state index contributed by atoms with van der Waals surface area (Å²) in [5.41, 5.74) is 15.9. The number of anilines is 1. The lowest BCUT2D eigenvalue weighted by Crippen LogP contribution is -2.17. The van der Waals surface area contributed by atoms with Gasteiger partial charge in [0.15, 0.2) is 5.82 Å². The average molecular weight is 735 g/mol. The Morgan fingerprint density at radius 3 is 1.79 bits per heavy atom. The maximum atomic E-state index is 5.06. The van der Waals surface area contributed by atoms with Crippen LogP contribution in [0.2, 0.25) is 0 Å². The molecule has 0 spiro atoms. The second-order valence-corrected chi connectivity index (χ2v) is 15.3. The summed E-state index contributed by atoms with van der Waals surface area (Å²) in [5.74, 6) is 0.717. The molecule has 0 fully saturated rings. The number of hydrogen-bond acceptors (Lipinski definition) is 4. The highest BCUT2D eigenvalue weighted by Gasteiger charge is 2.33. The van der Waals surface area contributed by atoms with Gasteiger partial charge in [-0.3, -0.25) is 0 Å². The predicted octanol–water partition coefficient (Wildman–Crippen LogP) is 13.5. The van der Waals surface area contributed by atoms with Crippen molar-refractivity contribution < 1.29 is 0 Å². The first kappa shape index (κ1) is 32.4. The second kappa shape index (κ2) is 13.3. The minimum Gasteiger partial charge on any atom is -0.373 e. The topological polar surface area (TPSA) is 42.7 Å². The van der Waals surface area contributed by atoms with Crippen LogP contribution in [-0.2, 0) is 0 Å². The van der Waals surface area contributed by atoms with E-state index in [1.165, 1.54) is 53.9 Å². The zero-order valence-corrected chi connectivity index (χ0v) is 31.1. The van der Waals surface area contributed by atoms with Gasteiger partial charge in [-0.15, -0.1) is 11.3 Å². The first-order valence-corrected chi connectivity index (χ1v) is 19.8. The maximum absolute atomic E-state index is 5.06. The number of nitrogens with zero attached hydrogens (tertiary/aromatic N) is 3. The summed E-state index contributed by atoms with van der Waals surface area (Å²) in [7, 11) is 0. The number of para-hydroxylation sites is 2. The summed E-state index contributed by atoms with van der Waals surface area (Å²) in [6.07, 6.45) is 0. The van der Waals surface area contributed by atoms with E-state index >= 15 is 0 Å². The Hall–Kier alpha value is -7.08. The van der Waals surface area contributed by atoms with Gasteiger partial charge in [0.2, 0.25) is 0 Å². The van der Waals surface area contributed by atoms with Crippen molar-refractivity contribution in [1.82, 2.24) is 14.5 Å². The zero-order chi connectivity index (χ0) is 37.0. The molecule has 0 bridgehead atoms. The second-order valence-electron chi connectivity index (χ2n) is 14.2. The standard InChI is InChI=1S/C51H34N4S/c1-5-15-34(16-6-1)43-32-44(54-51(53-43)37-19-9-3-10-20-37)35-27-25-33(26-28-35)38-29-30-42-41(31-38)49-46(47(52-42)36-17-7-2-8-18-36)48-50(56-49)40-23-13-14-24-45(40)55(48)39-21-11-4-12-22-39/h1-32,47,52H. The molecule has 1 atom stereocenters. The lowest BCUT2D eigenvalue weighted by atomic mass is 9.89. The van der Waals surface area contributed by atoms with Gasteiger partial charge < -0.3 is 9.88 Å². The molecule has 0 saturated heterocycles. The van der Waals surface area contributed by atoms with Gasteiger partial charge >= 0.3 is 0 Å². The minimum absolute atomic E-state index is 0.00113. The van der Waals surface area contributed by atoms with Gasteiger partial charge in [0, 0.05) is 49.5 Å². The van der Waals surface area contributed by atoms with E-state index in [2.05, 4.69) is 180 Å². The molecular weight excluding hydrogens is 701 g/mol. The van der Waals surface area contributed by atoms with Crippen molar-refractivity contribution in [2.45, 2.75) is 6.04 Å². The number of fused-ring (bicyclic) bond motifs is 7. The third-order valence-electron chi connectivity index (χ3n) is 10.9. The van der Waals surface area contributed by atoms with Crippen LogP contribution in [-0.4, -0.2) is 14.5 Å². The largest absolute Gasteiger partial charge is 0.373 e. The number of aromatic nitrogens is 3. The lowest BCUT2D eigenvalue weighted by molar-refractivity contribution is 0.937. The van der Waals surface area contributed by atoms with Crippen molar-refractivity contribution in [2.75, 3.05) is 5.32 Å². The Kier molecular flexibility index (Phi) is 7.71. The Bertz CT molecular complexity index is 2970. The summed E-state index contributed by atoms with van der Waals surface area (Å²) >= 11 is 1.91. The molecular formula is C51H34N4S. The Labute approximate surface area is 329 Å². The lowest BCUT2D eigenvalue weighted by Gasteiger charge is -2.29. The molecule has 5 heteroatoms. The molecule has 11 rings (SSSR count). The fraction of sp³-hybridized carbons (Fsp3) is 0.0196. The summed E-state index contributed by atoms with van der Waals surface area (Å²) in [6, 6.07) is 68.8. The van der Waals surface area contributed by atoms with E-state index in [-0.39, 0.29) is 6.04 Å². The first-order valence-electron chi connectivity index (χ1n) is 18.9. The highest BCUT2D eigenvalue weighted by atomic mass is 32.1. The van der Waals surface area contributed by atoms with Gasteiger partial charge in [-0.25, -0.2) is 9.97 Å². The predicted molar refractivity (Wildman–Crippen MR) is 233 cm³/mol. The van der Waals surface area contributed by atoms with Crippen molar-refractivity contribution in [1.29, 1.82) is 0 Å². The van der Waals surface area contributed by atoms with E-state index in [4.69, 9.17) is 9.97 Å². The third-order valence-corrected chi connectivity index (χ3v) is 12.1. The molecule has 264 valence electrons. The molecule has 0 aliphatic carbocycles.